The molecule has 1 aliphatic heterocycles. The number of fused-ring (bicyclic) bond motifs is 1. The fourth-order valence-corrected chi connectivity index (χ4v) is 4.03. The molecule has 1 saturated heterocycles. The molecule has 2 heterocycles. The number of rotatable bonds is 7. The largest absolute Gasteiger partial charge is 0.497 e. The summed E-state index contributed by atoms with van der Waals surface area (Å²) in [4.78, 5) is 27.0. The summed E-state index contributed by atoms with van der Waals surface area (Å²) in [5.74, 6) is 1.84. The number of H-pyrrole nitrogens is 1. The van der Waals surface area contributed by atoms with E-state index in [1.54, 1.807) is 21.3 Å². The lowest BCUT2D eigenvalue weighted by atomic mass is 9.89. The number of aliphatic imine (C=N–C) groups is 1. The van der Waals surface area contributed by atoms with Gasteiger partial charge in [-0.25, -0.2) is 4.98 Å². The number of hydrogen-bond acceptors (Lipinski definition) is 6. The minimum absolute atomic E-state index is 0.278. The van der Waals surface area contributed by atoms with Crippen LogP contribution in [0.4, 0.5) is 5.69 Å². The number of anilines is 1. The van der Waals surface area contributed by atoms with E-state index in [9.17, 15) is 4.79 Å². The number of hydrogen-bond donors (Lipinski definition) is 2. The van der Waals surface area contributed by atoms with E-state index in [-0.39, 0.29) is 5.54 Å². The number of amidine groups is 1. The highest BCUT2D eigenvalue weighted by Gasteiger charge is 2.43. The molecule has 3 aromatic rings. The third kappa shape index (κ3) is 3.74. The van der Waals surface area contributed by atoms with Crippen LogP contribution in [0.15, 0.2) is 47.5 Å². The first kappa shape index (κ1) is 20.9. The van der Waals surface area contributed by atoms with Crippen molar-refractivity contribution in [2.75, 3.05) is 39.3 Å². The Labute approximate surface area is 181 Å². The van der Waals surface area contributed by atoms with Gasteiger partial charge in [-0.15, -0.1) is 0 Å². The lowest BCUT2D eigenvalue weighted by molar-refractivity contribution is -0.108. The van der Waals surface area contributed by atoms with Crippen LogP contribution in [0.5, 0.6) is 11.5 Å². The molecule has 0 bridgehead atoms. The highest BCUT2D eigenvalue weighted by atomic mass is 16.5. The van der Waals surface area contributed by atoms with E-state index in [1.807, 2.05) is 42.5 Å². The molecule has 4 rings (SSSR count). The number of aromatic amines is 1. The minimum Gasteiger partial charge on any atom is -0.497 e. The van der Waals surface area contributed by atoms with Crippen LogP contribution in [0.25, 0.3) is 11.0 Å². The number of benzene rings is 2. The highest BCUT2D eigenvalue weighted by molar-refractivity contribution is 6.11. The second-order valence-corrected chi connectivity index (χ2v) is 7.84. The van der Waals surface area contributed by atoms with Crippen LogP contribution in [-0.2, 0) is 4.79 Å². The van der Waals surface area contributed by atoms with E-state index >= 15 is 0 Å². The Kier molecular flexibility index (Phi) is 5.65. The molecule has 162 valence electrons. The number of carbonyl (C=O) groups excluding carboxylic acids is 1. The Bertz CT molecular complexity index is 1060. The molecule has 1 atom stereocenters. The lowest BCUT2D eigenvalue weighted by Gasteiger charge is -2.50. The number of methoxy groups -OCH3 is 2. The molecule has 1 aromatic heterocycles. The molecule has 8 nitrogen and oxygen atoms in total. The third-order valence-corrected chi connectivity index (χ3v) is 5.72. The molecular formula is C23H27N5O3. The summed E-state index contributed by atoms with van der Waals surface area (Å²) < 4.78 is 11.0. The zero-order valence-electron chi connectivity index (χ0n) is 18.2. The van der Waals surface area contributed by atoms with Crippen LogP contribution in [0.3, 0.4) is 0 Å². The van der Waals surface area contributed by atoms with E-state index < -0.39 is 5.92 Å². The van der Waals surface area contributed by atoms with Gasteiger partial charge in [0.2, 0.25) is 0 Å². The van der Waals surface area contributed by atoms with Crippen molar-refractivity contribution >= 4 is 28.8 Å². The van der Waals surface area contributed by atoms with Crippen molar-refractivity contribution in [2.24, 2.45) is 4.99 Å². The molecule has 1 aliphatic rings. The highest BCUT2D eigenvalue weighted by Crippen LogP contribution is 2.36. The summed E-state index contributed by atoms with van der Waals surface area (Å²) in [7, 11) is 4.94. The molecule has 0 aliphatic carbocycles. The third-order valence-electron chi connectivity index (χ3n) is 5.72. The Morgan fingerprint density at radius 2 is 1.87 bits per heavy atom. The van der Waals surface area contributed by atoms with Crippen molar-refractivity contribution in [1.29, 1.82) is 0 Å². The van der Waals surface area contributed by atoms with Crippen LogP contribution in [0, 0.1) is 0 Å². The summed E-state index contributed by atoms with van der Waals surface area (Å²) >= 11 is 0. The summed E-state index contributed by atoms with van der Waals surface area (Å²) in [6.07, 6.45) is 0.889. The number of para-hydroxylation sites is 2. The number of aromatic nitrogens is 2. The van der Waals surface area contributed by atoms with Gasteiger partial charge in [0.05, 0.1) is 36.5 Å². The van der Waals surface area contributed by atoms with Gasteiger partial charge in [0.25, 0.3) is 0 Å². The number of nitrogens with zero attached hydrogens (tertiary/aromatic N) is 3. The van der Waals surface area contributed by atoms with Crippen molar-refractivity contribution in [3.05, 3.63) is 48.3 Å². The first-order chi connectivity index (χ1) is 15.0. The summed E-state index contributed by atoms with van der Waals surface area (Å²) in [6, 6.07) is 13.4. The topological polar surface area (TPSA) is 91.8 Å². The van der Waals surface area contributed by atoms with Crippen LogP contribution in [0.2, 0.25) is 0 Å². The molecule has 0 spiro atoms. The molecule has 31 heavy (non-hydrogen) atoms. The summed E-state index contributed by atoms with van der Waals surface area (Å²) in [5.41, 5.74) is 2.25. The summed E-state index contributed by atoms with van der Waals surface area (Å²) in [5, 5.41) is 3.34. The normalized spacial score (nSPS) is 16.5. The van der Waals surface area contributed by atoms with Crippen LogP contribution in [0.1, 0.15) is 18.7 Å². The average Bonchev–Trinajstić information content (AvgIpc) is 3.20. The zero-order valence-corrected chi connectivity index (χ0v) is 18.2. The standard InChI is InChI=1S/C23H27N5O3/c1-23(13-25-14-23)28(15-9-16(30-3)11-17(10-15)31-4)22(24-2)18(12-29)21-26-19-7-5-6-8-20(19)27-21/h5-12,18,25H,13-14H2,1-4H3,(H,26,27). The Morgan fingerprint density at radius 3 is 2.39 bits per heavy atom. The molecule has 8 heteroatoms. The van der Waals surface area contributed by atoms with E-state index in [1.165, 1.54) is 0 Å². The fourth-order valence-electron chi connectivity index (χ4n) is 4.03. The van der Waals surface area contributed by atoms with Gasteiger partial charge in [-0.2, -0.15) is 0 Å². The molecule has 2 aromatic carbocycles. The van der Waals surface area contributed by atoms with Gasteiger partial charge in [0.15, 0.2) is 0 Å². The van der Waals surface area contributed by atoms with Gasteiger partial charge in [-0.3, -0.25) is 4.99 Å². The predicted molar refractivity (Wildman–Crippen MR) is 122 cm³/mol. The van der Waals surface area contributed by atoms with Gasteiger partial charge in [0.1, 0.15) is 35.4 Å². The van der Waals surface area contributed by atoms with Crippen molar-refractivity contribution in [1.82, 2.24) is 15.3 Å². The fraction of sp³-hybridized carbons (Fsp3) is 0.348. The maximum Gasteiger partial charge on any atom is 0.138 e. The van der Waals surface area contributed by atoms with Crippen molar-refractivity contribution < 1.29 is 14.3 Å². The summed E-state index contributed by atoms with van der Waals surface area (Å²) in [6.45, 7) is 3.63. The monoisotopic (exact) mass is 421 g/mol. The molecule has 1 unspecified atom stereocenters. The van der Waals surface area contributed by atoms with E-state index in [0.29, 0.717) is 23.2 Å². The van der Waals surface area contributed by atoms with Crippen LogP contribution >= 0.6 is 0 Å². The van der Waals surface area contributed by atoms with Gasteiger partial charge < -0.3 is 29.5 Å². The lowest BCUT2D eigenvalue weighted by Crippen LogP contribution is -2.69. The van der Waals surface area contributed by atoms with Gasteiger partial charge in [0, 0.05) is 38.3 Å². The molecule has 2 N–H and O–H groups in total. The van der Waals surface area contributed by atoms with Crippen molar-refractivity contribution in [3.8, 4) is 11.5 Å². The van der Waals surface area contributed by atoms with E-state index in [4.69, 9.17) is 9.47 Å². The number of carbonyl (C=O) groups is 1. The molecular weight excluding hydrogens is 394 g/mol. The number of aldehydes is 1. The maximum absolute atomic E-state index is 12.4. The smallest absolute Gasteiger partial charge is 0.138 e. The Hall–Kier alpha value is -3.39. The second kappa shape index (κ2) is 8.39. The Balaban J connectivity index is 1.84. The molecule has 1 fully saturated rings. The first-order valence-electron chi connectivity index (χ1n) is 10.1. The first-order valence-corrected chi connectivity index (χ1v) is 10.1. The Morgan fingerprint density at radius 1 is 1.19 bits per heavy atom. The minimum atomic E-state index is -0.660. The zero-order chi connectivity index (χ0) is 22.0. The predicted octanol–water partition coefficient (Wildman–Crippen LogP) is 2.76. The van der Waals surface area contributed by atoms with Gasteiger partial charge in [-0.1, -0.05) is 12.1 Å². The number of nitrogens with one attached hydrogen (secondary N) is 2. The second-order valence-electron chi connectivity index (χ2n) is 7.84. The van der Waals surface area contributed by atoms with E-state index in [0.717, 1.165) is 36.1 Å². The van der Waals surface area contributed by atoms with Crippen molar-refractivity contribution in [3.63, 3.8) is 0 Å². The number of imidazole rings is 1. The SMILES string of the molecule is CN=C(C(C=O)c1nc2ccccc2[nH]1)N(c1cc(OC)cc(OC)c1)C1(C)CNC1. The molecule has 0 radical (unpaired) electrons. The van der Waals surface area contributed by atoms with Crippen LogP contribution in [-0.4, -0.2) is 62.0 Å². The number of ether oxygens (including phenoxy) is 2. The average molecular weight is 422 g/mol. The quantitative estimate of drug-likeness (QED) is 0.346. The maximum atomic E-state index is 12.4. The van der Waals surface area contributed by atoms with Gasteiger partial charge >= 0.3 is 0 Å². The van der Waals surface area contributed by atoms with Crippen LogP contribution < -0.4 is 19.7 Å². The van der Waals surface area contributed by atoms with Crippen molar-refractivity contribution in [2.45, 2.75) is 18.4 Å². The van der Waals surface area contributed by atoms with E-state index in [2.05, 4.69) is 32.1 Å². The van der Waals surface area contributed by atoms with Gasteiger partial charge in [-0.05, 0) is 19.1 Å². The molecule has 0 saturated carbocycles. The molecule has 0 amide bonds.